The topological polar surface area (TPSA) is 141 Å². The van der Waals surface area contributed by atoms with Crippen molar-refractivity contribution in [2.45, 2.75) is 84.0 Å². The Kier molecular flexibility index (Phi) is 10.9. The zero-order valence-corrected chi connectivity index (χ0v) is 27.8. The normalized spacial score (nSPS) is 18.6. The Balaban J connectivity index is 1.79. The van der Waals surface area contributed by atoms with Gasteiger partial charge in [0.25, 0.3) is 0 Å². The minimum atomic E-state index is -1.58. The summed E-state index contributed by atoms with van der Waals surface area (Å²) in [6.07, 6.45) is 0.132. The standard InChI is InChI=1S/C33H40ClF2N5O4S/c1-5-17(3)26(29(37)46)39-31(43)33(11-10-25-23(15-33)22-13-21(36)14-24(34)27(22)38-25)40-30(42)28(18(4)6-2)41(32(44)45)16-19-8-7-9-20(35)12-19/h7-9,12-14,17-18,26,28,38H,5-6,10-11,15-16H2,1-4H3,(H2,37,46)(H,39,43)(H,40,42)(H,44,45)/t17?,18?,26-,28-,33+/m0/s1. The Hall–Kier alpha value is -3.77. The van der Waals surface area contributed by atoms with Crippen LogP contribution in [0.15, 0.2) is 36.4 Å². The van der Waals surface area contributed by atoms with E-state index < -0.39 is 53.1 Å². The van der Waals surface area contributed by atoms with Crippen molar-refractivity contribution >= 4 is 57.6 Å². The summed E-state index contributed by atoms with van der Waals surface area (Å²) in [7, 11) is 0. The molecule has 1 aliphatic rings. The van der Waals surface area contributed by atoms with Gasteiger partial charge in [-0.05, 0) is 60.1 Å². The lowest BCUT2D eigenvalue weighted by Gasteiger charge is -2.41. The van der Waals surface area contributed by atoms with Gasteiger partial charge in [0.1, 0.15) is 23.2 Å². The highest BCUT2D eigenvalue weighted by molar-refractivity contribution is 7.80. The molecular formula is C33H40ClF2N5O4S. The largest absolute Gasteiger partial charge is 0.465 e. The molecule has 248 valence electrons. The number of aryl methyl sites for hydroxylation is 1. The summed E-state index contributed by atoms with van der Waals surface area (Å²) in [5.41, 5.74) is 6.70. The first-order valence-electron chi connectivity index (χ1n) is 15.4. The highest BCUT2D eigenvalue weighted by Gasteiger charge is 2.47. The van der Waals surface area contributed by atoms with Crippen LogP contribution in [0.4, 0.5) is 13.6 Å². The Morgan fingerprint density at radius 1 is 1.13 bits per heavy atom. The number of nitrogens with zero attached hydrogens (tertiary/aromatic N) is 1. The predicted octanol–water partition coefficient (Wildman–Crippen LogP) is 5.86. The number of aromatic nitrogens is 1. The molecule has 5 atom stereocenters. The molecule has 1 aromatic heterocycles. The number of hydrogen-bond acceptors (Lipinski definition) is 4. The minimum absolute atomic E-state index is 0.0333. The number of hydrogen-bond donors (Lipinski definition) is 5. The maximum Gasteiger partial charge on any atom is 0.408 e. The van der Waals surface area contributed by atoms with Gasteiger partial charge < -0.3 is 26.5 Å². The summed E-state index contributed by atoms with van der Waals surface area (Å²) in [6.45, 7) is 7.15. The lowest BCUT2D eigenvalue weighted by molar-refractivity contribution is -0.137. The van der Waals surface area contributed by atoms with Crippen LogP contribution < -0.4 is 16.4 Å². The Morgan fingerprint density at radius 3 is 2.43 bits per heavy atom. The van der Waals surface area contributed by atoms with E-state index in [1.165, 1.54) is 30.3 Å². The van der Waals surface area contributed by atoms with Gasteiger partial charge in [0.2, 0.25) is 11.8 Å². The van der Waals surface area contributed by atoms with Crippen LogP contribution in [0.2, 0.25) is 5.02 Å². The van der Waals surface area contributed by atoms with E-state index in [9.17, 15) is 28.3 Å². The van der Waals surface area contributed by atoms with Gasteiger partial charge in [0, 0.05) is 24.0 Å². The number of thiocarbonyl (C=S) groups is 1. The van der Waals surface area contributed by atoms with Crippen LogP contribution in [-0.4, -0.2) is 55.5 Å². The number of nitrogens with two attached hydrogens (primary N) is 1. The van der Waals surface area contributed by atoms with Gasteiger partial charge in [0.15, 0.2) is 0 Å². The minimum Gasteiger partial charge on any atom is -0.465 e. The first kappa shape index (κ1) is 35.1. The lowest BCUT2D eigenvalue weighted by Crippen LogP contribution is -2.67. The van der Waals surface area contributed by atoms with E-state index >= 15 is 0 Å². The molecule has 46 heavy (non-hydrogen) atoms. The number of fused-ring (bicyclic) bond motifs is 3. The summed E-state index contributed by atoms with van der Waals surface area (Å²) in [4.78, 5) is 45.6. The third-order valence-corrected chi connectivity index (χ3v) is 9.73. The molecule has 0 spiro atoms. The van der Waals surface area contributed by atoms with Crippen molar-refractivity contribution in [3.63, 3.8) is 0 Å². The average Bonchev–Trinajstić information content (AvgIpc) is 3.36. The van der Waals surface area contributed by atoms with Gasteiger partial charge in [-0.3, -0.25) is 14.5 Å². The number of benzene rings is 2. The van der Waals surface area contributed by atoms with Gasteiger partial charge in [-0.25, -0.2) is 13.6 Å². The summed E-state index contributed by atoms with van der Waals surface area (Å²) in [5.74, 6) is -2.92. The van der Waals surface area contributed by atoms with Gasteiger partial charge in [-0.15, -0.1) is 0 Å². The molecule has 0 fully saturated rings. The molecule has 0 saturated carbocycles. The molecule has 0 saturated heterocycles. The number of nitrogens with one attached hydrogen (secondary N) is 3. The second-order valence-electron chi connectivity index (χ2n) is 12.3. The number of carboxylic acid groups (broad SMARTS) is 1. The second kappa shape index (κ2) is 14.3. The number of H-pyrrole nitrogens is 1. The van der Waals surface area contributed by atoms with Crippen molar-refractivity contribution in [1.82, 2.24) is 20.5 Å². The quantitative estimate of drug-likeness (QED) is 0.153. The van der Waals surface area contributed by atoms with Crippen molar-refractivity contribution in [2.75, 3.05) is 0 Å². The summed E-state index contributed by atoms with van der Waals surface area (Å²) in [5, 5.41) is 16.8. The van der Waals surface area contributed by atoms with Crippen molar-refractivity contribution < 1.29 is 28.3 Å². The smallest absolute Gasteiger partial charge is 0.408 e. The molecule has 0 aliphatic heterocycles. The number of halogens is 3. The van der Waals surface area contributed by atoms with Crippen LogP contribution in [0.5, 0.6) is 0 Å². The summed E-state index contributed by atoms with van der Waals surface area (Å²) in [6, 6.07) is 6.13. The highest BCUT2D eigenvalue weighted by atomic mass is 35.5. The second-order valence-corrected chi connectivity index (χ2v) is 13.1. The SMILES string of the molecule is CCC(C)[C@H](NC(=O)[C@@]1(NC(=O)[C@H](C(C)CC)N(Cc2cccc(F)c2)C(=O)O)CCc2[nH]c3c(Cl)cc(F)cc3c2C1)C(N)=S. The van der Waals surface area contributed by atoms with E-state index in [4.69, 9.17) is 29.6 Å². The predicted molar refractivity (Wildman–Crippen MR) is 178 cm³/mol. The molecule has 13 heteroatoms. The van der Waals surface area contributed by atoms with E-state index in [2.05, 4.69) is 15.6 Å². The van der Waals surface area contributed by atoms with Gasteiger partial charge in [-0.2, -0.15) is 0 Å². The highest BCUT2D eigenvalue weighted by Crippen LogP contribution is 2.38. The van der Waals surface area contributed by atoms with Crippen molar-refractivity contribution in [3.05, 3.63) is 69.9 Å². The number of aromatic amines is 1. The number of rotatable bonds is 12. The summed E-state index contributed by atoms with van der Waals surface area (Å²) >= 11 is 11.6. The van der Waals surface area contributed by atoms with Crippen LogP contribution in [0.1, 0.15) is 63.8 Å². The van der Waals surface area contributed by atoms with Gasteiger partial charge in [0.05, 0.1) is 21.6 Å². The third-order valence-electron chi connectivity index (χ3n) is 9.18. The zero-order chi connectivity index (χ0) is 33.9. The van der Waals surface area contributed by atoms with Gasteiger partial charge in [-0.1, -0.05) is 76.5 Å². The molecular weight excluding hydrogens is 636 g/mol. The lowest BCUT2D eigenvalue weighted by atomic mass is 9.78. The zero-order valence-electron chi connectivity index (χ0n) is 26.3. The molecule has 1 aliphatic carbocycles. The molecule has 6 N–H and O–H groups in total. The molecule has 0 bridgehead atoms. The Labute approximate surface area is 277 Å². The summed E-state index contributed by atoms with van der Waals surface area (Å²) < 4.78 is 28.5. The number of carbonyl (C=O) groups is 3. The van der Waals surface area contributed by atoms with E-state index in [1.807, 2.05) is 20.8 Å². The fourth-order valence-electron chi connectivity index (χ4n) is 6.19. The first-order valence-corrected chi connectivity index (χ1v) is 16.1. The van der Waals surface area contributed by atoms with Crippen LogP contribution in [0.3, 0.4) is 0 Å². The molecule has 0 radical (unpaired) electrons. The molecule has 9 nitrogen and oxygen atoms in total. The Morgan fingerprint density at radius 2 is 1.83 bits per heavy atom. The van der Waals surface area contributed by atoms with Crippen molar-refractivity contribution in [2.24, 2.45) is 17.6 Å². The average molecular weight is 676 g/mol. The Bertz CT molecular complexity index is 1650. The number of amides is 3. The van der Waals surface area contributed by atoms with E-state index in [0.29, 0.717) is 41.3 Å². The van der Waals surface area contributed by atoms with Gasteiger partial charge >= 0.3 is 6.09 Å². The maximum absolute atomic E-state index is 14.5. The first-order chi connectivity index (χ1) is 21.7. The van der Waals surface area contributed by atoms with E-state index in [-0.39, 0.29) is 35.3 Å². The van der Waals surface area contributed by atoms with Crippen LogP contribution >= 0.6 is 23.8 Å². The van der Waals surface area contributed by atoms with Crippen LogP contribution in [0.25, 0.3) is 10.9 Å². The van der Waals surface area contributed by atoms with E-state index in [0.717, 1.165) is 10.6 Å². The van der Waals surface area contributed by atoms with Crippen molar-refractivity contribution in [3.8, 4) is 0 Å². The van der Waals surface area contributed by atoms with Crippen LogP contribution in [0, 0.1) is 23.5 Å². The maximum atomic E-state index is 14.5. The van der Waals surface area contributed by atoms with E-state index in [1.54, 1.807) is 13.0 Å². The third kappa shape index (κ3) is 7.28. The molecule has 2 aromatic carbocycles. The van der Waals surface area contributed by atoms with Crippen LogP contribution in [-0.2, 0) is 29.0 Å². The fourth-order valence-corrected chi connectivity index (χ4v) is 6.74. The molecule has 3 aromatic rings. The molecule has 4 rings (SSSR count). The fraction of sp³-hybridized carbons (Fsp3) is 0.455. The number of carbonyl (C=O) groups excluding carboxylic acids is 2. The molecule has 3 amide bonds. The monoisotopic (exact) mass is 675 g/mol. The molecule has 2 unspecified atom stereocenters. The molecule has 1 heterocycles. The van der Waals surface area contributed by atoms with Crippen molar-refractivity contribution in [1.29, 1.82) is 0 Å².